The Labute approximate surface area is 154 Å². The number of hydrogen-bond acceptors (Lipinski definition) is 5. The minimum Gasteiger partial charge on any atom is -0.357 e. The largest absolute Gasteiger partial charge is 0.357 e. The second-order valence-electron chi connectivity index (χ2n) is 5.85. The van der Waals surface area contributed by atoms with Crippen molar-refractivity contribution in [1.82, 2.24) is 20.1 Å². The Kier molecular flexibility index (Phi) is 8.91. The van der Waals surface area contributed by atoms with Gasteiger partial charge in [-0.25, -0.2) is 4.98 Å². The van der Waals surface area contributed by atoms with Crippen LogP contribution in [0.25, 0.3) is 0 Å². The van der Waals surface area contributed by atoms with Gasteiger partial charge in [0.2, 0.25) is 0 Å². The first-order valence-electron chi connectivity index (χ1n) is 9.08. The van der Waals surface area contributed by atoms with Gasteiger partial charge in [-0.1, -0.05) is 25.6 Å². The molecule has 2 heterocycles. The van der Waals surface area contributed by atoms with E-state index in [1.807, 2.05) is 23.3 Å². The van der Waals surface area contributed by atoms with E-state index in [-0.39, 0.29) is 0 Å². The maximum absolute atomic E-state index is 4.84. The number of nitrogens with zero attached hydrogens (tertiary/aromatic N) is 4. The third-order valence-corrected chi connectivity index (χ3v) is 6.38. The smallest absolute Gasteiger partial charge is 0.193 e. The molecule has 0 amide bonds. The van der Waals surface area contributed by atoms with E-state index in [2.05, 4.69) is 40.9 Å². The van der Waals surface area contributed by atoms with E-state index in [1.54, 1.807) is 11.3 Å². The van der Waals surface area contributed by atoms with Gasteiger partial charge in [0.15, 0.2) is 5.96 Å². The summed E-state index contributed by atoms with van der Waals surface area (Å²) in [5.74, 6) is 2.17. The fraction of sp³-hybridized carbons (Fsp3) is 0.765. The zero-order chi connectivity index (χ0) is 17.2. The molecule has 136 valence electrons. The summed E-state index contributed by atoms with van der Waals surface area (Å²) in [5.41, 5.74) is 0. The highest BCUT2D eigenvalue weighted by Gasteiger charge is 2.27. The molecule has 1 aromatic heterocycles. The number of aliphatic imine (C=N–C) groups is 1. The Morgan fingerprint density at radius 1 is 1.46 bits per heavy atom. The number of thiazole rings is 1. The quantitative estimate of drug-likeness (QED) is 0.314. The van der Waals surface area contributed by atoms with Gasteiger partial charge in [0.25, 0.3) is 0 Å². The highest BCUT2D eigenvalue weighted by atomic mass is 32.2. The van der Waals surface area contributed by atoms with Crippen molar-refractivity contribution in [3.05, 3.63) is 11.6 Å². The summed E-state index contributed by atoms with van der Waals surface area (Å²) in [6.45, 7) is 12.9. The Bertz CT molecular complexity index is 473. The highest BCUT2D eigenvalue weighted by Crippen LogP contribution is 2.20. The second kappa shape index (κ2) is 10.9. The van der Waals surface area contributed by atoms with Crippen molar-refractivity contribution in [2.75, 3.05) is 45.0 Å². The predicted octanol–water partition coefficient (Wildman–Crippen LogP) is 3.01. The maximum Gasteiger partial charge on any atom is 0.193 e. The standard InChI is InChI=1S/C17H31N5S2/c1-4-18-16(19-9-7-12-23-17-20-10-13-24-17)22-11-8-15(14-22)21(5-2)6-3/h10,13,15H,4-9,11-12,14H2,1-3H3,(H,18,19). The molecule has 1 atom stereocenters. The molecular weight excluding hydrogens is 338 g/mol. The molecule has 7 heteroatoms. The lowest BCUT2D eigenvalue weighted by Crippen LogP contribution is -2.43. The molecule has 1 saturated heterocycles. The maximum atomic E-state index is 4.84. The number of nitrogens with one attached hydrogen (secondary N) is 1. The van der Waals surface area contributed by atoms with Crippen LogP contribution in [-0.4, -0.2) is 71.8 Å². The molecule has 0 saturated carbocycles. The number of thioether (sulfide) groups is 1. The highest BCUT2D eigenvalue weighted by molar-refractivity contribution is 8.00. The van der Waals surface area contributed by atoms with Gasteiger partial charge in [0.05, 0.1) is 0 Å². The van der Waals surface area contributed by atoms with Crippen molar-refractivity contribution in [3.63, 3.8) is 0 Å². The number of likely N-dealkylation sites (tertiary alicyclic amines) is 1. The molecule has 1 unspecified atom stereocenters. The number of rotatable bonds is 9. The van der Waals surface area contributed by atoms with Gasteiger partial charge < -0.3 is 10.2 Å². The molecule has 1 aromatic rings. The van der Waals surface area contributed by atoms with Crippen molar-refractivity contribution in [2.45, 2.75) is 44.0 Å². The van der Waals surface area contributed by atoms with Gasteiger partial charge in [0, 0.05) is 49.6 Å². The zero-order valence-electron chi connectivity index (χ0n) is 15.2. The molecular formula is C17H31N5S2. The van der Waals surface area contributed by atoms with E-state index in [9.17, 15) is 0 Å². The van der Waals surface area contributed by atoms with Crippen LogP contribution in [0.15, 0.2) is 20.9 Å². The molecule has 1 N–H and O–H groups in total. The van der Waals surface area contributed by atoms with Gasteiger partial charge in [-0.05, 0) is 32.9 Å². The van der Waals surface area contributed by atoms with E-state index in [4.69, 9.17) is 4.99 Å². The lowest BCUT2D eigenvalue weighted by atomic mass is 10.2. The Hall–Kier alpha value is -0.790. The first-order chi connectivity index (χ1) is 11.8. The molecule has 1 fully saturated rings. The van der Waals surface area contributed by atoms with Crippen LogP contribution in [0.3, 0.4) is 0 Å². The molecule has 5 nitrogen and oxygen atoms in total. The Balaban J connectivity index is 1.78. The van der Waals surface area contributed by atoms with Gasteiger partial charge in [0.1, 0.15) is 4.34 Å². The lowest BCUT2D eigenvalue weighted by Gasteiger charge is -2.27. The molecule has 1 aliphatic heterocycles. The molecule has 24 heavy (non-hydrogen) atoms. The van der Waals surface area contributed by atoms with Crippen molar-refractivity contribution >= 4 is 29.1 Å². The molecule has 0 aliphatic carbocycles. The zero-order valence-corrected chi connectivity index (χ0v) is 16.8. The van der Waals surface area contributed by atoms with E-state index >= 15 is 0 Å². The molecule has 2 rings (SSSR count). The molecule has 1 aliphatic rings. The van der Waals surface area contributed by atoms with E-state index in [0.29, 0.717) is 6.04 Å². The Morgan fingerprint density at radius 3 is 2.96 bits per heavy atom. The summed E-state index contributed by atoms with van der Waals surface area (Å²) in [4.78, 5) is 14.1. The van der Waals surface area contributed by atoms with Crippen LogP contribution in [0.5, 0.6) is 0 Å². The minimum absolute atomic E-state index is 0.671. The van der Waals surface area contributed by atoms with Crippen LogP contribution in [0.4, 0.5) is 0 Å². The number of hydrogen-bond donors (Lipinski definition) is 1. The first kappa shape index (κ1) is 19.5. The van der Waals surface area contributed by atoms with Gasteiger partial charge in [-0.2, -0.15) is 0 Å². The number of aromatic nitrogens is 1. The molecule has 0 aromatic carbocycles. The van der Waals surface area contributed by atoms with Crippen molar-refractivity contribution < 1.29 is 0 Å². The van der Waals surface area contributed by atoms with Crippen molar-refractivity contribution in [1.29, 1.82) is 0 Å². The van der Waals surface area contributed by atoms with Gasteiger partial charge in [-0.15, -0.1) is 11.3 Å². The second-order valence-corrected chi connectivity index (χ2v) is 8.08. The number of likely N-dealkylation sites (N-methyl/N-ethyl adjacent to an activating group) is 1. The van der Waals surface area contributed by atoms with E-state index in [1.165, 1.54) is 6.42 Å². The Morgan fingerprint density at radius 2 is 2.29 bits per heavy atom. The predicted molar refractivity (Wildman–Crippen MR) is 106 cm³/mol. The lowest BCUT2D eigenvalue weighted by molar-refractivity contribution is 0.223. The first-order valence-corrected chi connectivity index (χ1v) is 10.9. The van der Waals surface area contributed by atoms with Crippen LogP contribution >= 0.6 is 23.1 Å². The van der Waals surface area contributed by atoms with Crippen molar-refractivity contribution in [2.24, 2.45) is 4.99 Å². The summed E-state index contributed by atoms with van der Waals surface area (Å²) in [6, 6.07) is 0.671. The van der Waals surface area contributed by atoms with Crippen molar-refractivity contribution in [3.8, 4) is 0 Å². The SMILES string of the molecule is CCNC(=NCCCSc1nccs1)N1CCC(N(CC)CC)C1. The van der Waals surface area contributed by atoms with Crippen LogP contribution < -0.4 is 5.32 Å². The fourth-order valence-electron chi connectivity index (χ4n) is 3.09. The van der Waals surface area contributed by atoms with Crippen LogP contribution in [-0.2, 0) is 0 Å². The van der Waals surface area contributed by atoms with Crippen LogP contribution in [0.1, 0.15) is 33.6 Å². The molecule has 0 spiro atoms. The molecule has 0 bridgehead atoms. The van der Waals surface area contributed by atoms with Crippen LogP contribution in [0.2, 0.25) is 0 Å². The molecule has 0 radical (unpaired) electrons. The van der Waals surface area contributed by atoms with Crippen LogP contribution in [0, 0.1) is 0 Å². The normalized spacial score (nSPS) is 18.6. The third kappa shape index (κ3) is 5.93. The minimum atomic E-state index is 0.671. The average Bonchev–Trinajstić information content (AvgIpc) is 3.27. The fourth-order valence-corrected chi connectivity index (χ4v) is 4.72. The summed E-state index contributed by atoms with van der Waals surface area (Å²) >= 11 is 3.55. The van der Waals surface area contributed by atoms with E-state index < -0.39 is 0 Å². The average molecular weight is 370 g/mol. The monoisotopic (exact) mass is 369 g/mol. The summed E-state index contributed by atoms with van der Waals surface area (Å²) in [6.07, 6.45) is 4.20. The summed E-state index contributed by atoms with van der Waals surface area (Å²) in [7, 11) is 0. The number of guanidine groups is 1. The van der Waals surface area contributed by atoms with Gasteiger partial charge >= 0.3 is 0 Å². The summed E-state index contributed by atoms with van der Waals surface area (Å²) in [5, 5.41) is 5.50. The van der Waals surface area contributed by atoms with E-state index in [0.717, 1.165) is 61.7 Å². The topological polar surface area (TPSA) is 43.8 Å². The third-order valence-electron chi connectivity index (χ3n) is 4.33. The van der Waals surface area contributed by atoms with Gasteiger partial charge in [-0.3, -0.25) is 9.89 Å². The summed E-state index contributed by atoms with van der Waals surface area (Å²) < 4.78 is 1.16.